The van der Waals surface area contributed by atoms with Gasteiger partial charge in [-0.15, -0.1) is 0 Å². The van der Waals surface area contributed by atoms with Gasteiger partial charge in [-0.05, 0) is 60.3 Å². The molecule has 3 N–H and O–H groups in total. The number of furan rings is 1. The van der Waals surface area contributed by atoms with Crippen molar-refractivity contribution in [3.8, 4) is 16.9 Å². The molecule has 0 amide bonds. The molecule has 204 valence electrons. The fraction of sp³-hybridized carbons (Fsp3) is 0.300. The summed E-state index contributed by atoms with van der Waals surface area (Å²) in [5.74, 6) is -0.515. The van der Waals surface area contributed by atoms with Crippen LogP contribution in [0.25, 0.3) is 22.1 Å². The average Bonchev–Trinajstić information content (AvgIpc) is 3.55. The lowest BCUT2D eigenvalue weighted by atomic mass is 9.97. The summed E-state index contributed by atoms with van der Waals surface area (Å²) in [6.07, 6.45) is -2.35. The molecule has 1 aliphatic heterocycles. The molecule has 1 unspecified atom stereocenters. The van der Waals surface area contributed by atoms with E-state index in [1.807, 2.05) is 36.4 Å². The van der Waals surface area contributed by atoms with Crippen molar-refractivity contribution in [1.29, 1.82) is 0 Å². The smallest absolute Gasteiger partial charge is 0.404 e. The predicted molar refractivity (Wildman–Crippen MR) is 141 cm³/mol. The standard InChI is InChI=1S/C30H29F3N2O4/c31-30(32,33)27-9-4-10-35(27)16-23-12-22(20-7-3-5-19(11-20)15-34)13-25-24(18-39-29(23)25)17-38-26-8-2-1-6-21(26)14-28(36)37/h1-3,5-8,11-13,18,27H,4,9-10,14-17,34H2,(H,36,37). The number of hydrogen-bond acceptors (Lipinski definition) is 5. The van der Waals surface area contributed by atoms with Crippen molar-refractivity contribution >= 4 is 16.9 Å². The molecule has 4 aromatic rings. The zero-order valence-electron chi connectivity index (χ0n) is 21.2. The lowest BCUT2D eigenvalue weighted by Gasteiger charge is -2.26. The Hall–Kier alpha value is -3.82. The highest BCUT2D eigenvalue weighted by Gasteiger charge is 2.45. The van der Waals surface area contributed by atoms with Crippen LogP contribution in [0, 0.1) is 0 Å². The maximum Gasteiger partial charge on any atom is 0.404 e. The Morgan fingerprint density at radius 3 is 2.64 bits per heavy atom. The van der Waals surface area contributed by atoms with Gasteiger partial charge in [-0.3, -0.25) is 9.69 Å². The lowest BCUT2D eigenvalue weighted by molar-refractivity contribution is -0.177. The normalized spacial score (nSPS) is 16.2. The highest BCUT2D eigenvalue weighted by molar-refractivity contribution is 5.89. The van der Waals surface area contributed by atoms with E-state index in [1.165, 1.54) is 4.90 Å². The van der Waals surface area contributed by atoms with Gasteiger partial charge >= 0.3 is 12.1 Å². The summed E-state index contributed by atoms with van der Waals surface area (Å²) in [6, 6.07) is 17.0. The number of fused-ring (bicyclic) bond motifs is 1. The number of likely N-dealkylation sites (tertiary alicyclic amines) is 1. The molecule has 3 aromatic carbocycles. The summed E-state index contributed by atoms with van der Waals surface area (Å²) in [6.45, 7) is 0.921. The molecule has 0 radical (unpaired) electrons. The van der Waals surface area contributed by atoms with E-state index in [2.05, 4.69) is 0 Å². The number of hydrogen-bond donors (Lipinski definition) is 2. The van der Waals surface area contributed by atoms with Crippen LogP contribution in [-0.2, 0) is 30.9 Å². The maximum atomic E-state index is 13.7. The van der Waals surface area contributed by atoms with E-state index in [1.54, 1.807) is 30.5 Å². The highest BCUT2D eigenvalue weighted by Crippen LogP contribution is 2.37. The third-order valence-electron chi connectivity index (χ3n) is 7.14. The summed E-state index contributed by atoms with van der Waals surface area (Å²) in [5.41, 5.74) is 11.0. The number of carboxylic acids is 1. The SMILES string of the molecule is NCc1cccc(-c2cc(CN3CCCC3C(F)(F)F)c3occ(COc4ccccc4CC(=O)O)c3c2)c1. The van der Waals surface area contributed by atoms with Crippen molar-refractivity contribution in [1.82, 2.24) is 4.90 Å². The van der Waals surface area contributed by atoms with Crippen LogP contribution in [-0.4, -0.2) is 34.7 Å². The number of nitrogens with two attached hydrogens (primary N) is 1. The van der Waals surface area contributed by atoms with Gasteiger partial charge in [-0.1, -0.05) is 36.4 Å². The number of ether oxygens (including phenoxy) is 1. The van der Waals surface area contributed by atoms with Gasteiger partial charge in [0.2, 0.25) is 0 Å². The molecule has 1 aliphatic rings. The molecule has 9 heteroatoms. The lowest BCUT2D eigenvalue weighted by Crippen LogP contribution is -2.40. The molecule has 6 nitrogen and oxygen atoms in total. The predicted octanol–water partition coefficient (Wildman–Crippen LogP) is 6.29. The first kappa shape index (κ1) is 26.8. The number of carboxylic acid groups (broad SMARTS) is 1. The van der Waals surface area contributed by atoms with Crippen molar-refractivity contribution in [3.05, 3.63) is 89.2 Å². The minimum absolute atomic E-state index is 0.0812. The van der Waals surface area contributed by atoms with Crippen molar-refractivity contribution < 1.29 is 32.2 Å². The van der Waals surface area contributed by atoms with Crippen LogP contribution in [0.15, 0.2) is 71.3 Å². The fourth-order valence-corrected chi connectivity index (χ4v) is 5.25. The van der Waals surface area contributed by atoms with E-state index < -0.39 is 18.2 Å². The molecular formula is C30H29F3N2O4. The van der Waals surface area contributed by atoms with E-state index >= 15 is 0 Å². The van der Waals surface area contributed by atoms with E-state index in [4.69, 9.17) is 14.9 Å². The number of benzene rings is 3. The number of aliphatic carboxylic acids is 1. The molecule has 39 heavy (non-hydrogen) atoms. The highest BCUT2D eigenvalue weighted by atomic mass is 19.4. The first-order valence-corrected chi connectivity index (χ1v) is 12.8. The second-order valence-electron chi connectivity index (χ2n) is 9.81. The van der Waals surface area contributed by atoms with Gasteiger partial charge < -0.3 is 20.0 Å². The summed E-state index contributed by atoms with van der Waals surface area (Å²) in [4.78, 5) is 12.7. The maximum absolute atomic E-state index is 13.7. The molecule has 1 fully saturated rings. The number of carbonyl (C=O) groups is 1. The Morgan fingerprint density at radius 1 is 1.05 bits per heavy atom. The summed E-state index contributed by atoms with van der Waals surface area (Å²) in [7, 11) is 0. The van der Waals surface area contributed by atoms with E-state index in [0.29, 0.717) is 47.5 Å². The van der Waals surface area contributed by atoms with E-state index in [9.17, 15) is 23.1 Å². The quantitative estimate of drug-likeness (QED) is 0.260. The summed E-state index contributed by atoms with van der Waals surface area (Å²) >= 11 is 0. The van der Waals surface area contributed by atoms with Gasteiger partial charge in [0.05, 0.1) is 12.7 Å². The van der Waals surface area contributed by atoms with Crippen LogP contribution in [0.3, 0.4) is 0 Å². The molecule has 5 rings (SSSR count). The Balaban J connectivity index is 1.53. The summed E-state index contributed by atoms with van der Waals surface area (Å²) in [5, 5.41) is 9.96. The minimum Gasteiger partial charge on any atom is -0.488 e. The molecule has 1 atom stereocenters. The van der Waals surface area contributed by atoms with Gasteiger partial charge in [-0.25, -0.2) is 0 Å². The zero-order valence-corrected chi connectivity index (χ0v) is 21.2. The molecule has 0 saturated carbocycles. The molecule has 0 bridgehead atoms. The van der Waals surface area contributed by atoms with Crippen molar-refractivity contribution in [3.63, 3.8) is 0 Å². The van der Waals surface area contributed by atoms with Gasteiger partial charge in [0.15, 0.2) is 0 Å². The van der Waals surface area contributed by atoms with Crippen LogP contribution in [0.1, 0.15) is 35.1 Å². The monoisotopic (exact) mass is 538 g/mol. The van der Waals surface area contributed by atoms with Gasteiger partial charge in [-0.2, -0.15) is 13.2 Å². The van der Waals surface area contributed by atoms with Gasteiger partial charge in [0.1, 0.15) is 24.0 Å². The third kappa shape index (κ3) is 5.94. The zero-order chi connectivity index (χ0) is 27.6. The van der Waals surface area contributed by atoms with Gasteiger partial charge in [0, 0.05) is 35.2 Å². The second-order valence-corrected chi connectivity index (χ2v) is 9.81. The topological polar surface area (TPSA) is 88.9 Å². The number of halogens is 3. The van der Waals surface area contributed by atoms with E-state index in [-0.39, 0.29) is 26.0 Å². The van der Waals surface area contributed by atoms with Crippen molar-refractivity contribution in [2.75, 3.05) is 6.54 Å². The largest absolute Gasteiger partial charge is 0.488 e. The van der Waals surface area contributed by atoms with Crippen LogP contribution in [0.2, 0.25) is 0 Å². The Morgan fingerprint density at radius 2 is 1.87 bits per heavy atom. The fourth-order valence-electron chi connectivity index (χ4n) is 5.25. The van der Waals surface area contributed by atoms with E-state index in [0.717, 1.165) is 22.1 Å². The van der Waals surface area contributed by atoms with Crippen LogP contribution in [0.5, 0.6) is 5.75 Å². The van der Waals surface area contributed by atoms with Crippen LogP contribution in [0.4, 0.5) is 13.2 Å². The Labute approximate surface area is 223 Å². The van der Waals surface area contributed by atoms with Crippen LogP contribution >= 0.6 is 0 Å². The minimum atomic E-state index is -4.30. The van der Waals surface area contributed by atoms with Gasteiger partial charge in [0.25, 0.3) is 0 Å². The number of para-hydroxylation sites is 1. The third-order valence-corrected chi connectivity index (χ3v) is 7.14. The molecule has 0 spiro atoms. The van der Waals surface area contributed by atoms with Crippen molar-refractivity contribution in [2.24, 2.45) is 5.73 Å². The molecule has 0 aliphatic carbocycles. The average molecular weight is 539 g/mol. The Kier molecular flexibility index (Phi) is 7.63. The molecule has 2 heterocycles. The first-order chi connectivity index (χ1) is 18.7. The molecular weight excluding hydrogens is 509 g/mol. The Bertz CT molecular complexity index is 1480. The van der Waals surface area contributed by atoms with Crippen LogP contribution < -0.4 is 10.5 Å². The second kappa shape index (κ2) is 11.1. The molecule has 1 aromatic heterocycles. The van der Waals surface area contributed by atoms with Crippen molar-refractivity contribution in [2.45, 2.75) is 51.2 Å². The summed E-state index contributed by atoms with van der Waals surface area (Å²) < 4.78 is 53.0. The first-order valence-electron chi connectivity index (χ1n) is 12.8. The number of rotatable bonds is 9. The number of alkyl halides is 3. The number of nitrogens with zero attached hydrogens (tertiary/aromatic N) is 1. The molecule has 1 saturated heterocycles.